The molecule has 0 bridgehead atoms. The van der Waals surface area contributed by atoms with Crippen LogP contribution in [0.4, 0.5) is 0 Å². The fraction of sp³-hybridized carbons (Fsp3) is 0.571. The van der Waals surface area contributed by atoms with Crippen LogP contribution in [0, 0.1) is 0 Å². The summed E-state index contributed by atoms with van der Waals surface area (Å²) < 4.78 is 5.14. The Morgan fingerprint density at radius 1 is 1.24 bits per heavy atom. The maximum atomic E-state index is 9.51. The van der Waals surface area contributed by atoms with Gasteiger partial charge in [-0.05, 0) is 43.6 Å². The Balaban J connectivity index is 2.00. The zero-order valence-corrected chi connectivity index (χ0v) is 10.4. The zero-order chi connectivity index (χ0) is 12.1. The van der Waals surface area contributed by atoms with Gasteiger partial charge >= 0.3 is 0 Å². The van der Waals surface area contributed by atoms with Crippen LogP contribution < -0.4 is 4.74 Å². The van der Waals surface area contributed by atoms with Gasteiger partial charge in [0.1, 0.15) is 5.75 Å². The third kappa shape index (κ3) is 3.20. The molecular weight excluding hydrogens is 214 g/mol. The molecule has 0 saturated carbocycles. The lowest BCUT2D eigenvalue weighted by Crippen LogP contribution is -2.27. The molecule has 0 spiro atoms. The van der Waals surface area contributed by atoms with Crippen molar-refractivity contribution in [2.45, 2.75) is 18.8 Å². The highest BCUT2D eigenvalue weighted by Gasteiger charge is 2.18. The second-order valence-corrected chi connectivity index (χ2v) is 4.66. The number of nitrogens with zero attached hydrogens (tertiary/aromatic N) is 1. The summed E-state index contributed by atoms with van der Waals surface area (Å²) >= 11 is 0. The van der Waals surface area contributed by atoms with E-state index in [1.54, 1.807) is 7.11 Å². The molecule has 17 heavy (non-hydrogen) atoms. The number of likely N-dealkylation sites (tertiary alicyclic amines) is 1. The Kier molecular flexibility index (Phi) is 4.40. The number of ether oxygens (including phenoxy) is 1. The van der Waals surface area contributed by atoms with E-state index in [9.17, 15) is 5.11 Å². The first-order valence-electron chi connectivity index (χ1n) is 6.30. The van der Waals surface area contributed by atoms with E-state index in [4.69, 9.17) is 4.74 Å². The highest BCUT2D eigenvalue weighted by molar-refractivity contribution is 5.29. The molecule has 0 radical (unpaired) electrons. The summed E-state index contributed by atoms with van der Waals surface area (Å²) in [5, 5.41) is 9.51. The highest BCUT2D eigenvalue weighted by Crippen LogP contribution is 2.21. The summed E-state index contributed by atoms with van der Waals surface area (Å²) in [6.07, 6.45) is 2.58. The Labute approximate surface area is 103 Å². The molecule has 0 aromatic heterocycles. The molecule has 1 fully saturated rings. The minimum atomic E-state index is 0.211. The number of aliphatic hydroxyl groups excluding tert-OH is 1. The topological polar surface area (TPSA) is 32.7 Å². The molecule has 3 nitrogen and oxygen atoms in total. The number of aliphatic hydroxyl groups is 1. The van der Waals surface area contributed by atoms with Gasteiger partial charge in [-0.25, -0.2) is 0 Å². The molecule has 94 valence electrons. The first-order chi connectivity index (χ1) is 8.33. The highest BCUT2D eigenvalue weighted by atomic mass is 16.5. The van der Waals surface area contributed by atoms with Crippen LogP contribution in [-0.4, -0.2) is 43.4 Å². The van der Waals surface area contributed by atoms with E-state index < -0.39 is 0 Å². The van der Waals surface area contributed by atoms with Gasteiger partial charge in [-0.1, -0.05) is 12.1 Å². The van der Waals surface area contributed by atoms with Crippen molar-refractivity contribution in [2.24, 2.45) is 0 Å². The van der Waals surface area contributed by atoms with E-state index in [-0.39, 0.29) is 12.5 Å². The first kappa shape index (κ1) is 12.4. The Bertz CT molecular complexity index is 331. The summed E-state index contributed by atoms with van der Waals surface area (Å²) in [4.78, 5) is 2.44. The number of rotatable bonds is 5. The van der Waals surface area contributed by atoms with E-state index >= 15 is 0 Å². The maximum Gasteiger partial charge on any atom is 0.118 e. The van der Waals surface area contributed by atoms with Crippen LogP contribution in [0.3, 0.4) is 0 Å². The van der Waals surface area contributed by atoms with Crippen LogP contribution in [0.5, 0.6) is 5.75 Å². The SMILES string of the molecule is COc1ccc(C(CO)CN2CCCC2)cc1. The first-order valence-corrected chi connectivity index (χ1v) is 6.30. The van der Waals surface area contributed by atoms with Crippen molar-refractivity contribution in [3.8, 4) is 5.75 Å². The van der Waals surface area contributed by atoms with E-state index in [1.807, 2.05) is 12.1 Å². The van der Waals surface area contributed by atoms with Crippen LogP contribution in [0.15, 0.2) is 24.3 Å². The lowest BCUT2D eigenvalue weighted by atomic mass is 9.99. The van der Waals surface area contributed by atoms with Crippen molar-refractivity contribution in [2.75, 3.05) is 33.4 Å². The average molecular weight is 235 g/mol. The maximum absolute atomic E-state index is 9.51. The number of hydrogen-bond acceptors (Lipinski definition) is 3. The van der Waals surface area contributed by atoms with Crippen LogP contribution >= 0.6 is 0 Å². The monoisotopic (exact) mass is 235 g/mol. The van der Waals surface area contributed by atoms with Crippen LogP contribution in [-0.2, 0) is 0 Å². The van der Waals surface area contributed by atoms with Gasteiger partial charge in [0.25, 0.3) is 0 Å². The second kappa shape index (κ2) is 6.03. The summed E-state index contributed by atoms with van der Waals surface area (Å²) in [7, 11) is 1.67. The van der Waals surface area contributed by atoms with Crippen LogP contribution in [0.25, 0.3) is 0 Å². The van der Waals surface area contributed by atoms with Crippen LogP contribution in [0.2, 0.25) is 0 Å². The molecule has 1 atom stereocenters. The van der Waals surface area contributed by atoms with Gasteiger partial charge in [0.2, 0.25) is 0 Å². The van der Waals surface area contributed by atoms with Gasteiger partial charge in [-0.15, -0.1) is 0 Å². The standard InChI is InChI=1S/C14H21NO2/c1-17-14-6-4-12(5-7-14)13(11-16)10-15-8-2-3-9-15/h4-7,13,16H,2-3,8-11H2,1H3. The van der Waals surface area contributed by atoms with Crippen molar-refractivity contribution in [3.63, 3.8) is 0 Å². The number of methoxy groups -OCH3 is 1. The van der Waals surface area contributed by atoms with E-state index in [0.717, 1.165) is 12.3 Å². The molecule has 0 amide bonds. The Hall–Kier alpha value is -1.06. The normalized spacial score (nSPS) is 18.2. The van der Waals surface area contributed by atoms with Crippen molar-refractivity contribution < 1.29 is 9.84 Å². The Morgan fingerprint density at radius 3 is 2.41 bits per heavy atom. The molecule has 0 aliphatic carbocycles. The van der Waals surface area contributed by atoms with Crippen LogP contribution in [0.1, 0.15) is 24.3 Å². The lowest BCUT2D eigenvalue weighted by Gasteiger charge is -2.22. The minimum absolute atomic E-state index is 0.211. The fourth-order valence-electron chi connectivity index (χ4n) is 2.42. The van der Waals surface area contributed by atoms with Gasteiger partial charge in [-0.3, -0.25) is 0 Å². The summed E-state index contributed by atoms with van der Waals surface area (Å²) in [5.41, 5.74) is 1.19. The third-order valence-corrected chi connectivity index (χ3v) is 3.48. The molecule has 1 aromatic carbocycles. The molecule has 3 heteroatoms. The quantitative estimate of drug-likeness (QED) is 0.845. The summed E-state index contributed by atoms with van der Waals surface area (Å²) in [6.45, 7) is 3.52. The molecule has 1 aromatic rings. The third-order valence-electron chi connectivity index (χ3n) is 3.48. The predicted molar refractivity (Wildman–Crippen MR) is 68.5 cm³/mol. The van der Waals surface area contributed by atoms with Gasteiger partial charge in [0, 0.05) is 12.5 Å². The minimum Gasteiger partial charge on any atom is -0.497 e. The van der Waals surface area contributed by atoms with Crippen molar-refractivity contribution in [3.05, 3.63) is 29.8 Å². The molecule has 1 heterocycles. The summed E-state index contributed by atoms with van der Waals surface area (Å²) in [5.74, 6) is 1.09. The van der Waals surface area contributed by atoms with Crippen molar-refractivity contribution >= 4 is 0 Å². The number of benzene rings is 1. The predicted octanol–water partition coefficient (Wildman–Crippen LogP) is 1.87. The smallest absolute Gasteiger partial charge is 0.118 e. The van der Waals surface area contributed by atoms with E-state index in [2.05, 4.69) is 17.0 Å². The molecule has 1 saturated heterocycles. The van der Waals surface area contributed by atoms with E-state index in [0.29, 0.717) is 0 Å². The zero-order valence-electron chi connectivity index (χ0n) is 10.4. The molecular formula is C14H21NO2. The fourth-order valence-corrected chi connectivity index (χ4v) is 2.42. The van der Waals surface area contributed by atoms with Gasteiger partial charge in [0.05, 0.1) is 13.7 Å². The second-order valence-electron chi connectivity index (χ2n) is 4.66. The molecule has 2 rings (SSSR count). The Morgan fingerprint density at radius 2 is 1.88 bits per heavy atom. The van der Waals surface area contributed by atoms with Crippen molar-refractivity contribution in [1.82, 2.24) is 4.90 Å². The molecule has 1 N–H and O–H groups in total. The average Bonchev–Trinajstić information content (AvgIpc) is 2.89. The van der Waals surface area contributed by atoms with Gasteiger partial charge < -0.3 is 14.7 Å². The molecule has 1 unspecified atom stereocenters. The van der Waals surface area contributed by atoms with E-state index in [1.165, 1.54) is 31.5 Å². The molecule has 1 aliphatic rings. The largest absolute Gasteiger partial charge is 0.497 e. The number of hydrogen-bond donors (Lipinski definition) is 1. The van der Waals surface area contributed by atoms with Gasteiger partial charge in [0.15, 0.2) is 0 Å². The van der Waals surface area contributed by atoms with Gasteiger partial charge in [-0.2, -0.15) is 0 Å². The molecule has 1 aliphatic heterocycles. The summed E-state index contributed by atoms with van der Waals surface area (Å²) in [6, 6.07) is 8.02. The lowest BCUT2D eigenvalue weighted by molar-refractivity contribution is 0.220. The van der Waals surface area contributed by atoms with Crippen molar-refractivity contribution in [1.29, 1.82) is 0 Å².